The van der Waals surface area contributed by atoms with Gasteiger partial charge in [-0.1, -0.05) is 36.4 Å². The predicted molar refractivity (Wildman–Crippen MR) is 111 cm³/mol. The number of rotatable bonds is 4. The Morgan fingerprint density at radius 2 is 1.81 bits per heavy atom. The molecule has 1 fully saturated rings. The van der Waals surface area contributed by atoms with Crippen molar-refractivity contribution in [2.24, 2.45) is 5.92 Å². The van der Waals surface area contributed by atoms with Crippen molar-refractivity contribution in [1.29, 1.82) is 0 Å². The van der Waals surface area contributed by atoms with Crippen LogP contribution in [0.2, 0.25) is 0 Å². The second-order valence-electron chi connectivity index (χ2n) is 7.46. The summed E-state index contributed by atoms with van der Waals surface area (Å²) in [6, 6.07) is 15.6. The third kappa shape index (κ3) is 3.86. The zero-order chi connectivity index (χ0) is 18.9. The summed E-state index contributed by atoms with van der Waals surface area (Å²) in [5.41, 5.74) is 2.59. The molecule has 2 aliphatic rings. The Balaban J connectivity index is 1.73. The van der Waals surface area contributed by atoms with Crippen LogP contribution in [0, 0.1) is 5.92 Å². The van der Waals surface area contributed by atoms with Crippen molar-refractivity contribution in [2.45, 2.75) is 36.1 Å². The molecule has 2 aromatic rings. The summed E-state index contributed by atoms with van der Waals surface area (Å²) in [6.07, 6.45) is 2.87. The molecule has 1 saturated heterocycles. The minimum Gasteiger partial charge on any atom is -0.316 e. The van der Waals surface area contributed by atoms with Crippen LogP contribution in [0.25, 0.3) is 0 Å². The SMILES string of the molecule is O=S(=O)(c1ccccc1Br)C(C1CCCNC1)N1CCc2ccccc2C1. The van der Waals surface area contributed by atoms with E-state index in [0.29, 0.717) is 15.9 Å². The topological polar surface area (TPSA) is 49.4 Å². The van der Waals surface area contributed by atoms with E-state index >= 15 is 0 Å². The summed E-state index contributed by atoms with van der Waals surface area (Å²) >= 11 is 3.46. The Hall–Kier alpha value is -1.21. The molecule has 2 heterocycles. The smallest absolute Gasteiger partial charge is 0.195 e. The highest BCUT2D eigenvalue weighted by Crippen LogP contribution is 2.34. The van der Waals surface area contributed by atoms with Gasteiger partial charge in [-0.15, -0.1) is 0 Å². The summed E-state index contributed by atoms with van der Waals surface area (Å²) in [7, 11) is -3.49. The number of hydrogen-bond acceptors (Lipinski definition) is 4. The molecule has 2 aromatic carbocycles. The van der Waals surface area contributed by atoms with Crippen molar-refractivity contribution in [3.05, 3.63) is 64.1 Å². The van der Waals surface area contributed by atoms with E-state index in [9.17, 15) is 8.42 Å². The predicted octanol–water partition coefficient (Wildman–Crippen LogP) is 3.61. The number of fused-ring (bicyclic) bond motifs is 1. The molecule has 0 spiro atoms. The Labute approximate surface area is 170 Å². The molecule has 4 rings (SSSR count). The largest absolute Gasteiger partial charge is 0.316 e. The van der Waals surface area contributed by atoms with Gasteiger partial charge in [0.1, 0.15) is 5.37 Å². The molecule has 1 N–H and O–H groups in total. The first-order chi connectivity index (χ1) is 13.1. The van der Waals surface area contributed by atoms with Crippen molar-refractivity contribution in [1.82, 2.24) is 10.2 Å². The number of nitrogens with one attached hydrogen (secondary N) is 1. The fourth-order valence-corrected chi connectivity index (χ4v) is 7.55. The first-order valence-electron chi connectivity index (χ1n) is 9.57. The highest BCUT2D eigenvalue weighted by molar-refractivity contribution is 9.10. The Bertz CT molecular complexity index is 910. The second kappa shape index (κ2) is 8.03. The van der Waals surface area contributed by atoms with Crippen LogP contribution in [-0.4, -0.2) is 38.3 Å². The van der Waals surface area contributed by atoms with Crippen LogP contribution in [0.4, 0.5) is 0 Å². The van der Waals surface area contributed by atoms with Crippen LogP contribution in [-0.2, 0) is 22.8 Å². The molecule has 0 radical (unpaired) electrons. The first kappa shape index (κ1) is 19.1. The van der Waals surface area contributed by atoms with Crippen LogP contribution in [0.1, 0.15) is 24.0 Å². The number of nitrogens with zero attached hydrogens (tertiary/aromatic N) is 1. The fraction of sp³-hybridized carbons (Fsp3) is 0.429. The van der Waals surface area contributed by atoms with Crippen molar-refractivity contribution < 1.29 is 8.42 Å². The number of piperidine rings is 1. The number of sulfone groups is 1. The van der Waals surface area contributed by atoms with Gasteiger partial charge in [0.05, 0.1) is 4.90 Å². The monoisotopic (exact) mass is 448 g/mol. The maximum Gasteiger partial charge on any atom is 0.195 e. The molecule has 0 saturated carbocycles. The van der Waals surface area contributed by atoms with Gasteiger partial charge in [-0.05, 0) is 65.0 Å². The fourth-order valence-electron chi connectivity index (χ4n) is 4.41. The van der Waals surface area contributed by atoms with E-state index in [-0.39, 0.29) is 5.92 Å². The second-order valence-corrected chi connectivity index (χ2v) is 10.3. The lowest BCUT2D eigenvalue weighted by Crippen LogP contribution is -2.52. The van der Waals surface area contributed by atoms with E-state index in [1.54, 1.807) is 12.1 Å². The van der Waals surface area contributed by atoms with E-state index < -0.39 is 15.2 Å². The highest BCUT2D eigenvalue weighted by Gasteiger charge is 2.41. The summed E-state index contributed by atoms with van der Waals surface area (Å²) in [4.78, 5) is 2.59. The standard InChI is InChI=1S/C21H25BrN2O2S/c22-19-9-3-4-10-20(19)27(25,26)21(17-8-5-12-23-14-17)24-13-11-16-6-1-2-7-18(16)15-24/h1-4,6-7,9-10,17,21,23H,5,8,11-15H2. The Morgan fingerprint density at radius 1 is 1.07 bits per heavy atom. The van der Waals surface area contributed by atoms with E-state index in [1.807, 2.05) is 18.2 Å². The van der Waals surface area contributed by atoms with E-state index in [4.69, 9.17) is 0 Å². The van der Waals surface area contributed by atoms with Crippen LogP contribution < -0.4 is 5.32 Å². The maximum atomic E-state index is 13.8. The van der Waals surface area contributed by atoms with Gasteiger partial charge in [0.2, 0.25) is 0 Å². The van der Waals surface area contributed by atoms with Crippen molar-refractivity contribution in [3.63, 3.8) is 0 Å². The zero-order valence-corrected chi connectivity index (χ0v) is 17.7. The first-order valence-corrected chi connectivity index (χ1v) is 11.9. The average Bonchev–Trinajstić information content (AvgIpc) is 2.69. The van der Waals surface area contributed by atoms with Gasteiger partial charge >= 0.3 is 0 Å². The molecule has 0 amide bonds. The molecule has 144 valence electrons. The highest BCUT2D eigenvalue weighted by atomic mass is 79.9. The van der Waals surface area contributed by atoms with E-state index in [2.05, 4.69) is 44.3 Å². The lowest BCUT2D eigenvalue weighted by atomic mass is 9.95. The molecule has 2 atom stereocenters. The third-order valence-electron chi connectivity index (χ3n) is 5.72. The van der Waals surface area contributed by atoms with Crippen molar-refractivity contribution in [3.8, 4) is 0 Å². The number of halogens is 1. The van der Waals surface area contributed by atoms with E-state index in [1.165, 1.54) is 11.1 Å². The van der Waals surface area contributed by atoms with Gasteiger partial charge in [0, 0.05) is 30.0 Å². The normalized spacial score (nSPS) is 22.2. The molecule has 27 heavy (non-hydrogen) atoms. The molecule has 0 bridgehead atoms. The van der Waals surface area contributed by atoms with Gasteiger partial charge in [-0.25, -0.2) is 8.42 Å². The summed E-state index contributed by atoms with van der Waals surface area (Å²) < 4.78 is 28.2. The van der Waals surface area contributed by atoms with Crippen LogP contribution in [0.5, 0.6) is 0 Å². The molecular formula is C21H25BrN2O2S. The van der Waals surface area contributed by atoms with Crippen LogP contribution in [0.3, 0.4) is 0 Å². The van der Waals surface area contributed by atoms with Crippen molar-refractivity contribution in [2.75, 3.05) is 19.6 Å². The third-order valence-corrected chi connectivity index (χ3v) is 8.96. The molecule has 6 heteroatoms. The molecular weight excluding hydrogens is 424 g/mol. The summed E-state index contributed by atoms with van der Waals surface area (Å²) in [5, 5.41) is 2.91. The quantitative estimate of drug-likeness (QED) is 0.775. The minimum atomic E-state index is -3.49. The minimum absolute atomic E-state index is 0.0983. The average molecular weight is 449 g/mol. The van der Waals surface area contributed by atoms with Gasteiger partial charge in [-0.3, -0.25) is 4.90 Å². The van der Waals surface area contributed by atoms with Gasteiger partial charge < -0.3 is 5.32 Å². The molecule has 0 aromatic heterocycles. The van der Waals surface area contributed by atoms with Crippen LogP contribution >= 0.6 is 15.9 Å². The molecule has 0 aliphatic carbocycles. The Kier molecular flexibility index (Phi) is 5.69. The lowest BCUT2D eigenvalue weighted by molar-refractivity contribution is 0.162. The maximum absolute atomic E-state index is 13.8. The Morgan fingerprint density at radius 3 is 2.56 bits per heavy atom. The number of hydrogen-bond donors (Lipinski definition) is 1. The molecule has 4 nitrogen and oxygen atoms in total. The van der Waals surface area contributed by atoms with Crippen molar-refractivity contribution >= 4 is 25.8 Å². The molecule has 2 aliphatic heterocycles. The summed E-state index contributed by atoms with van der Waals surface area (Å²) in [5.74, 6) is 0.0983. The lowest BCUT2D eigenvalue weighted by Gasteiger charge is -2.40. The van der Waals surface area contributed by atoms with Crippen LogP contribution in [0.15, 0.2) is 57.9 Å². The van der Waals surface area contributed by atoms with Gasteiger partial charge in [-0.2, -0.15) is 0 Å². The summed E-state index contributed by atoms with van der Waals surface area (Å²) in [6.45, 7) is 3.20. The molecule has 2 unspecified atom stereocenters. The van der Waals surface area contributed by atoms with Gasteiger partial charge in [0.25, 0.3) is 0 Å². The number of benzene rings is 2. The van der Waals surface area contributed by atoms with E-state index in [0.717, 1.165) is 38.9 Å². The van der Waals surface area contributed by atoms with Gasteiger partial charge in [0.15, 0.2) is 9.84 Å². The zero-order valence-electron chi connectivity index (χ0n) is 15.3.